The van der Waals surface area contributed by atoms with Crippen LogP contribution in [0.1, 0.15) is 0 Å². The molecule has 0 radical (unpaired) electrons. The molecular weight excluding hydrogens is 235 g/mol. The van der Waals surface area contributed by atoms with Gasteiger partial charge in [-0.3, -0.25) is 0 Å². The van der Waals surface area contributed by atoms with Crippen LogP contribution in [0.3, 0.4) is 0 Å². The fourth-order valence-electron chi connectivity index (χ4n) is 1.000. The third kappa shape index (κ3) is 2.55. The number of hydrogen-bond donors (Lipinski definition) is 1. The predicted molar refractivity (Wildman–Crippen MR) is 59.6 cm³/mol. The van der Waals surface area contributed by atoms with E-state index in [-0.39, 0.29) is 0 Å². The summed E-state index contributed by atoms with van der Waals surface area (Å²) in [6.07, 6.45) is 1.61. The summed E-state index contributed by atoms with van der Waals surface area (Å²) in [5.74, 6) is 0.564. The van der Waals surface area contributed by atoms with Gasteiger partial charge in [0, 0.05) is 6.20 Å². The SMILES string of the molecule is Clc1ccc(Nc2cccnc2Cl)nn1. The third-order valence-corrected chi connectivity index (χ3v) is 2.16. The molecule has 15 heavy (non-hydrogen) atoms. The Morgan fingerprint density at radius 1 is 1.07 bits per heavy atom. The molecule has 0 aliphatic rings. The second-order valence-electron chi connectivity index (χ2n) is 2.71. The van der Waals surface area contributed by atoms with Gasteiger partial charge in [-0.2, -0.15) is 0 Å². The van der Waals surface area contributed by atoms with Gasteiger partial charge in [-0.25, -0.2) is 4.98 Å². The molecule has 6 heteroatoms. The molecule has 0 amide bonds. The quantitative estimate of drug-likeness (QED) is 0.821. The summed E-state index contributed by atoms with van der Waals surface area (Å²) in [5.41, 5.74) is 0.677. The molecule has 1 N–H and O–H groups in total. The van der Waals surface area contributed by atoms with E-state index >= 15 is 0 Å². The summed E-state index contributed by atoms with van der Waals surface area (Å²) in [6, 6.07) is 6.92. The van der Waals surface area contributed by atoms with E-state index in [0.29, 0.717) is 21.8 Å². The van der Waals surface area contributed by atoms with Crippen LogP contribution in [0, 0.1) is 0 Å². The van der Waals surface area contributed by atoms with Gasteiger partial charge < -0.3 is 5.32 Å². The molecule has 76 valence electrons. The van der Waals surface area contributed by atoms with Gasteiger partial charge >= 0.3 is 0 Å². The highest BCUT2D eigenvalue weighted by Crippen LogP contribution is 2.21. The Balaban J connectivity index is 2.22. The van der Waals surface area contributed by atoms with Gasteiger partial charge in [-0.1, -0.05) is 23.2 Å². The molecule has 0 atom stereocenters. The molecule has 0 aliphatic heterocycles. The summed E-state index contributed by atoms with van der Waals surface area (Å²) in [6.45, 7) is 0. The van der Waals surface area contributed by atoms with E-state index in [1.807, 2.05) is 0 Å². The lowest BCUT2D eigenvalue weighted by atomic mass is 10.4. The number of hydrogen-bond acceptors (Lipinski definition) is 4. The predicted octanol–water partition coefficient (Wildman–Crippen LogP) is 2.92. The van der Waals surface area contributed by atoms with Crippen LogP contribution in [0.15, 0.2) is 30.5 Å². The number of anilines is 2. The Morgan fingerprint density at radius 2 is 1.93 bits per heavy atom. The first-order chi connectivity index (χ1) is 7.25. The van der Waals surface area contributed by atoms with E-state index in [2.05, 4.69) is 20.5 Å². The van der Waals surface area contributed by atoms with E-state index in [1.54, 1.807) is 30.5 Å². The van der Waals surface area contributed by atoms with Crippen molar-refractivity contribution in [3.63, 3.8) is 0 Å². The first-order valence-electron chi connectivity index (χ1n) is 4.12. The summed E-state index contributed by atoms with van der Waals surface area (Å²) in [4.78, 5) is 3.92. The van der Waals surface area contributed by atoms with Crippen LogP contribution in [0.25, 0.3) is 0 Å². The first-order valence-corrected chi connectivity index (χ1v) is 4.88. The molecule has 2 heterocycles. The Bertz CT molecular complexity index is 458. The summed E-state index contributed by atoms with van der Waals surface area (Å²) >= 11 is 11.5. The molecule has 0 fully saturated rings. The highest BCUT2D eigenvalue weighted by atomic mass is 35.5. The maximum atomic E-state index is 5.86. The average molecular weight is 241 g/mol. The van der Waals surface area contributed by atoms with E-state index < -0.39 is 0 Å². The van der Waals surface area contributed by atoms with Gasteiger partial charge in [0.1, 0.15) is 0 Å². The number of pyridine rings is 1. The smallest absolute Gasteiger partial charge is 0.153 e. The van der Waals surface area contributed by atoms with Gasteiger partial charge in [-0.05, 0) is 24.3 Å². The Kier molecular flexibility index (Phi) is 2.99. The van der Waals surface area contributed by atoms with Crippen LogP contribution in [0.4, 0.5) is 11.5 Å². The van der Waals surface area contributed by atoms with Gasteiger partial charge in [0.25, 0.3) is 0 Å². The third-order valence-electron chi connectivity index (χ3n) is 1.65. The van der Waals surface area contributed by atoms with Crippen molar-refractivity contribution < 1.29 is 0 Å². The maximum absolute atomic E-state index is 5.86. The van der Waals surface area contributed by atoms with Crippen molar-refractivity contribution in [1.82, 2.24) is 15.2 Å². The van der Waals surface area contributed by atoms with Crippen molar-refractivity contribution in [2.75, 3.05) is 5.32 Å². The van der Waals surface area contributed by atoms with Crippen molar-refractivity contribution in [2.24, 2.45) is 0 Å². The molecule has 0 bridgehead atoms. The molecule has 0 unspecified atom stereocenters. The molecule has 0 saturated heterocycles. The fraction of sp³-hybridized carbons (Fsp3) is 0. The van der Waals surface area contributed by atoms with Crippen molar-refractivity contribution in [3.8, 4) is 0 Å². The summed E-state index contributed by atoms with van der Waals surface area (Å²) < 4.78 is 0. The van der Waals surface area contributed by atoms with Crippen LogP contribution in [0.5, 0.6) is 0 Å². The van der Waals surface area contributed by atoms with Crippen LogP contribution >= 0.6 is 23.2 Å². The standard InChI is InChI=1S/C9H6Cl2N4/c10-7-3-4-8(15-14-7)13-6-2-1-5-12-9(6)11/h1-5H,(H,13,15). The van der Waals surface area contributed by atoms with E-state index in [1.165, 1.54) is 0 Å². The average Bonchev–Trinajstić information content (AvgIpc) is 2.25. The van der Waals surface area contributed by atoms with Crippen LogP contribution in [0.2, 0.25) is 10.3 Å². The minimum Gasteiger partial charge on any atom is -0.336 e. The summed E-state index contributed by atoms with van der Waals surface area (Å²) in [5, 5.41) is 11.2. The van der Waals surface area contributed by atoms with Crippen LogP contribution in [-0.2, 0) is 0 Å². The molecule has 0 saturated carbocycles. The van der Waals surface area contributed by atoms with Crippen molar-refractivity contribution in [3.05, 3.63) is 40.8 Å². The molecule has 4 nitrogen and oxygen atoms in total. The van der Waals surface area contributed by atoms with E-state index in [4.69, 9.17) is 23.2 Å². The van der Waals surface area contributed by atoms with Crippen LogP contribution in [-0.4, -0.2) is 15.2 Å². The molecule has 2 aromatic heterocycles. The second kappa shape index (κ2) is 4.42. The number of rotatable bonds is 2. The zero-order valence-corrected chi connectivity index (χ0v) is 9.00. The normalized spacial score (nSPS) is 10.0. The monoisotopic (exact) mass is 240 g/mol. The van der Waals surface area contributed by atoms with Gasteiger partial charge in [0.15, 0.2) is 16.1 Å². The summed E-state index contributed by atoms with van der Waals surface area (Å²) in [7, 11) is 0. The molecular formula is C9H6Cl2N4. The molecule has 0 spiro atoms. The first kappa shape index (κ1) is 10.1. The zero-order valence-electron chi connectivity index (χ0n) is 7.48. The largest absolute Gasteiger partial charge is 0.336 e. The molecule has 2 aromatic rings. The topological polar surface area (TPSA) is 50.7 Å². The number of aromatic nitrogens is 3. The molecule has 0 aliphatic carbocycles. The molecule has 2 rings (SSSR count). The van der Waals surface area contributed by atoms with Crippen molar-refractivity contribution in [1.29, 1.82) is 0 Å². The minimum atomic E-state index is 0.345. The number of halogens is 2. The highest BCUT2D eigenvalue weighted by Gasteiger charge is 2.01. The lowest BCUT2D eigenvalue weighted by Crippen LogP contribution is -1.96. The van der Waals surface area contributed by atoms with Crippen molar-refractivity contribution in [2.45, 2.75) is 0 Å². The molecule has 0 aromatic carbocycles. The van der Waals surface area contributed by atoms with Gasteiger partial charge in [0.2, 0.25) is 0 Å². The zero-order chi connectivity index (χ0) is 10.7. The second-order valence-corrected chi connectivity index (χ2v) is 3.45. The Hall–Kier alpha value is -1.39. The Morgan fingerprint density at radius 3 is 2.60 bits per heavy atom. The Labute approximate surface area is 96.3 Å². The van der Waals surface area contributed by atoms with Gasteiger partial charge in [0.05, 0.1) is 5.69 Å². The van der Waals surface area contributed by atoms with Crippen molar-refractivity contribution >= 4 is 34.7 Å². The lowest BCUT2D eigenvalue weighted by molar-refractivity contribution is 1.04. The van der Waals surface area contributed by atoms with E-state index in [0.717, 1.165) is 0 Å². The highest BCUT2D eigenvalue weighted by molar-refractivity contribution is 6.32. The number of nitrogens with zero attached hydrogens (tertiary/aromatic N) is 3. The van der Waals surface area contributed by atoms with Gasteiger partial charge in [-0.15, -0.1) is 10.2 Å². The van der Waals surface area contributed by atoms with E-state index in [9.17, 15) is 0 Å². The maximum Gasteiger partial charge on any atom is 0.153 e. The number of nitrogens with one attached hydrogen (secondary N) is 1. The fourth-order valence-corrected chi connectivity index (χ4v) is 1.27. The lowest BCUT2D eigenvalue weighted by Gasteiger charge is -2.05. The minimum absolute atomic E-state index is 0.345. The van der Waals surface area contributed by atoms with Crippen LogP contribution < -0.4 is 5.32 Å².